The zero-order valence-electron chi connectivity index (χ0n) is 19.2. The van der Waals surface area contributed by atoms with Gasteiger partial charge in [0.25, 0.3) is 5.91 Å². The second kappa shape index (κ2) is 10.5. The van der Waals surface area contributed by atoms with Gasteiger partial charge < -0.3 is 19.5 Å². The molecule has 2 aromatic carbocycles. The van der Waals surface area contributed by atoms with Crippen LogP contribution in [0, 0.1) is 6.92 Å². The van der Waals surface area contributed by atoms with Crippen molar-refractivity contribution in [2.45, 2.75) is 31.0 Å². The largest absolute Gasteiger partial charge is 0.495 e. The minimum absolute atomic E-state index is 0.114. The topological polar surface area (TPSA) is 89.3 Å². The van der Waals surface area contributed by atoms with Crippen LogP contribution in [0.2, 0.25) is 5.02 Å². The van der Waals surface area contributed by atoms with Gasteiger partial charge in [-0.3, -0.25) is 9.59 Å². The summed E-state index contributed by atoms with van der Waals surface area (Å²) in [7, 11) is 3.43. The summed E-state index contributed by atoms with van der Waals surface area (Å²) in [5.41, 5.74) is 2.14. The van der Waals surface area contributed by atoms with Crippen molar-refractivity contribution in [3.05, 3.63) is 64.4 Å². The summed E-state index contributed by atoms with van der Waals surface area (Å²) in [5, 5.41) is 12.6. The Hall–Kier alpha value is -3.04. The van der Waals surface area contributed by atoms with Gasteiger partial charge in [-0.1, -0.05) is 41.6 Å². The lowest BCUT2D eigenvalue weighted by molar-refractivity contribution is -0.113. The standard InChI is InChI=1S/C24H26ClN5O3S/c1-15-10-11-20(33-3)18(13-15)26-21(31)14-34-24-28-27-22(29(24)2)19-9-6-12-30(19)23(32)16-7-4-5-8-17(16)25/h4-5,7-8,10-11,13,19H,6,9,12,14H2,1-3H3,(H,26,31). The number of benzene rings is 2. The molecule has 3 aromatic rings. The third-order valence-corrected chi connectivity index (χ3v) is 7.10. The van der Waals surface area contributed by atoms with E-state index in [9.17, 15) is 9.59 Å². The summed E-state index contributed by atoms with van der Waals surface area (Å²) in [6.45, 7) is 2.58. The van der Waals surface area contributed by atoms with Crippen LogP contribution in [0.25, 0.3) is 0 Å². The maximum atomic E-state index is 13.2. The maximum absolute atomic E-state index is 13.2. The lowest BCUT2D eigenvalue weighted by Crippen LogP contribution is -2.32. The number of rotatable bonds is 7. The van der Waals surface area contributed by atoms with E-state index in [2.05, 4.69) is 15.5 Å². The third-order valence-electron chi connectivity index (χ3n) is 5.75. The zero-order chi connectivity index (χ0) is 24.2. The first-order valence-electron chi connectivity index (χ1n) is 10.9. The molecule has 0 bridgehead atoms. The van der Waals surface area contributed by atoms with E-state index in [0.29, 0.717) is 39.5 Å². The predicted molar refractivity (Wildman–Crippen MR) is 133 cm³/mol. The predicted octanol–water partition coefficient (Wildman–Crippen LogP) is 4.49. The molecule has 0 aliphatic carbocycles. The number of aryl methyl sites for hydroxylation is 1. The molecule has 34 heavy (non-hydrogen) atoms. The molecule has 2 amide bonds. The van der Waals surface area contributed by atoms with Crippen LogP contribution < -0.4 is 10.1 Å². The number of hydrogen-bond donors (Lipinski definition) is 1. The van der Waals surface area contributed by atoms with Gasteiger partial charge in [0.05, 0.1) is 35.2 Å². The number of anilines is 1. The highest BCUT2D eigenvalue weighted by Gasteiger charge is 2.34. The van der Waals surface area contributed by atoms with Crippen molar-refractivity contribution in [3.8, 4) is 5.75 Å². The number of carbonyl (C=O) groups is 2. The second-order valence-corrected chi connectivity index (χ2v) is 9.43. The Bertz CT molecular complexity index is 1220. The van der Waals surface area contributed by atoms with Crippen molar-refractivity contribution >= 4 is 40.9 Å². The Morgan fingerprint density at radius 2 is 2.03 bits per heavy atom. The van der Waals surface area contributed by atoms with E-state index in [1.54, 1.807) is 36.3 Å². The third kappa shape index (κ3) is 5.05. The number of ether oxygens (including phenoxy) is 1. The van der Waals surface area contributed by atoms with E-state index >= 15 is 0 Å². The van der Waals surface area contributed by atoms with Crippen LogP contribution in [0.5, 0.6) is 5.75 Å². The van der Waals surface area contributed by atoms with Crippen LogP contribution in [0.15, 0.2) is 47.6 Å². The first-order chi connectivity index (χ1) is 16.4. The molecule has 0 radical (unpaired) electrons. The van der Waals surface area contributed by atoms with Crippen molar-refractivity contribution < 1.29 is 14.3 Å². The number of carbonyl (C=O) groups excluding carboxylic acids is 2. The molecular weight excluding hydrogens is 474 g/mol. The number of aromatic nitrogens is 3. The quantitative estimate of drug-likeness (QED) is 0.482. The number of methoxy groups -OCH3 is 1. The fourth-order valence-electron chi connectivity index (χ4n) is 4.05. The molecule has 1 unspecified atom stereocenters. The molecule has 0 spiro atoms. The first kappa shape index (κ1) is 24.1. The van der Waals surface area contributed by atoms with Crippen molar-refractivity contribution in [1.82, 2.24) is 19.7 Å². The number of nitrogens with one attached hydrogen (secondary N) is 1. The first-order valence-corrected chi connectivity index (χ1v) is 12.3. The number of amides is 2. The Morgan fingerprint density at radius 1 is 1.24 bits per heavy atom. The van der Waals surface area contributed by atoms with Gasteiger partial charge in [-0.15, -0.1) is 10.2 Å². The molecule has 8 nitrogen and oxygen atoms in total. The van der Waals surface area contributed by atoms with Gasteiger partial charge in [-0.05, 0) is 49.6 Å². The SMILES string of the molecule is COc1ccc(C)cc1NC(=O)CSc1nnc(C2CCCN2C(=O)c2ccccc2Cl)n1C. The van der Waals surface area contributed by atoms with Gasteiger partial charge in [0.1, 0.15) is 5.75 Å². The van der Waals surface area contributed by atoms with E-state index in [1.807, 2.05) is 36.7 Å². The van der Waals surface area contributed by atoms with Crippen molar-refractivity contribution in [3.63, 3.8) is 0 Å². The van der Waals surface area contributed by atoms with Crippen molar-refractivity contribution in [1.29, 1.82) is 0 Å². The van der Waals surface area contributed by atoms with Crippen molar-refractivity contribution in [2.75, 3.05) is 24.7 Å². The molecule has 1 N–H and O–H groups in total. The van der Waals surface area contributed by atoms with Gasteiger partial charge in [0, 0.05) is 13.6 Å². The molecular formula is C24H26ClN5O3S. The average Bonchev–Trinajstić information content (AvgIpc) is 3.44. The molecule has 1 fully saturated rings. The van der Waals surface area contributed by atoms with E-state index in [0.717, 1.165) is 18.4 Å². The van der Waals surface area contributed by atoms with Gasteiger partial charge >= 0.3 is 0 Å². The summed E-state index contributed by atoms with van der Waals surface area (Å²) in [4.78, 5) is 27.5. The maximum Gasteiger partial charge on any atom is 0.255 e. The Kier molecular flexibility index (Phi) is 7.43. The van der Waals surface area contributed by atoms with Gasteiger partial charge in [-0.25, -0.2) is 0 Å². The Labute approximate surface area is 207 Å². The van der Waals surface area contributed by atoms with Gasteiger partial charge in [-0.2, -0.15) is 0 Å². The number of nitrogens with zero attached hydrogens (tertiary/aromatic N) is 4. The summed E-state index contributed by atoms with van der Waals surface area (Å²) in [6.07, 6.45) is 1.66. The fraction of sp³-hybridized carbons (Fsp3) is 0.333. The Morgan fingerprint density at radius 3 is 2.79 bits per heavy atom. The van der Waals surface area contributed by atoms with Crippen LogP contribution >= 0.6 is 23.4 Å². The highest BCUT2D eigenvalue weighted by atomic mass is 35.5. The molecule has 4 rings (SSSR count). The molecule has 2 heterocycles. The lowest BCUT2D eigenvalue weighted by atomic mass is 10.1. The van der Waals surface area contributed by atoms with Crippen LogP contribution in [-0.2, 0) is 11.8 Å². The smallest absolute Gasteiger partial charge is 0.255 e. The van der Waals surface area contributed by atoms with Gasteiger partial charge in [0.15, 0.2) is 11.0 Å². The monoisotopic (exact) mass is 499 g/mol. The molecule has 1 aliphatic rings. The number of hydrogen-bond acceptors (Lipinski definition) is 6. The fourth-order valence-corrected chi connectivity index (χ4v) is 4.98. The zero-order valence-corrected chi connectivity index (χ0v) is 20.8. The van der Waals surface area contributed by atoms with E-state index in [-0.39, 0.29) is 23.6 Å². The summed E-state index contributed by atoms with van der Waals surface area (Å²) < 4.78 is 7.18. The summed E-state index contributed by atoms with van der Waals surface area (Å²) in [5.74, 6) is 1.18. The molecule has 0 saturated carbocycles. The normalized spacial score (nSPS) is 15.4. The molecule has 10 heteroatoms. The molecule has 1 aliphatic heterocycles. The molecule has 1 atom stereocenters. The van der Waals surface area contributed by atoms with E-state index in [4.69, 9.17) is 16.3 Å². The van der Waals surface area contributed by atoms with Crippen LogP contribution in [-0.4, -0.2) is 50.9 Å². The molecule has 1 aromatic heterocycles. The van der Waals surface area contributed by atoms with E-state index in [1.165, 1.54) is 11.8 Å². The summed E-state index contributed by atoms with van der Waals surface area (Å²) >= 11 is 7.55. The highest BCUT2D eigenvalue weighted by Crippen LogP contribution is 2.34. The minimum atomic E-state index is -0.194. The van der Waals surface area contributed by atoms with Crippen LogP contribution in [0.1, 0.15) is 40.6 Å². The van der Waals surface area contributed by atoms with E-state index < -0.39 is 0 Å². The average molecular weight is 500 g/mol. The number of thioether (sulfide) groups is 1. The van der Waals surface area contributed by atoms with Gasteiger partial charge in [0.2, 0.25) is 5.91 Å². The second-order valence-electron chi connectivity index (χ2n) is 8.08. The van der Waals surface area contributed by atoms with Crippen LogP contribution in [0.3, 0.4) is 0 Å². The molecule has 178 valence electrons. The number of likely N-dealkylation sites (tertiary alicyclic amines) is 1. The number of halogens is 1. The Balaban J connectivity index is 1.43. The molecule has 1 saturated heterocycles. The van der Waals surface area contributed by atoms with Crippen LogP contribution in [0.4, 0.5) is 5.69 Å². The summed E-state index contributed by atoms with van der Waals surface area (Å²) in [6, 6.07) is 12.5. The van der Waals surface area contributed by atoms with Crippen molar-refractivity contribution in [2.24, 2.45) is 7.05 Å². The lowest BCUT2D eigenvalue weighted by Gasteiger charge is -2.24. The highest BCUT2D eigenvalue weighted by molar-refractivity contribution is 7.99. The minimum Gasteiger partial charge on any atom is -0.495 e.